The van der Waals surface area contributed by atoms with Crippen molar-refractivity contribution in [2.24, 2.45) is 17.8 Å². The van der Waals surface area contributed by atoms with Crippen LogP contribution in [0.5, 0.6) is 0 Å². The monoisotopic (exact) mass is 326 g/mol. The van der Waals surface area contributed by atoms with Gasteiger partial charge >= 0.3 is 0 Å². The summed E-state index contributed by atoms with van der Waals surface area (Å²) in [4.78, 5) is 0.542. The van der Waals surface area contributed by atoms with Gasteiger partial charge in [-0.3, -0.25) is 0 Å². The van der Waals surface area contributed by atoms with Crippen molar-refractivity contribution >= 4 is 15.9 Å². The first kappa shape index (κ1) is 12.6. The lowest BCUT2D eigenvalue weighted by molar-refractivity contribution is 0.482. The predicted molar refractivity (Wildman–Crippen MR) is 87.9 cm³/mol. The Morgan fingerprint density at radius 1 is 0.750 bits per heavy atom. The van der Waals surface area contributed by atoms with Crippen LogP contribution in [0.1, 0.15) is 29.7 Å². The third-order valence-corrected chi connectivity index (χ3v) is 6.31. The predicted octanol–water partition coefficient (Wildman–Crippen LogP) is 5.84. The van der Waals surface area contributed by atoms with Crippen LogP contribution < -0.4 is 0 Å². The van der Waals surface area contributed by atoms with E-state index in [0.29, 0.717) is 4.83 Å². The summed E-state index contributed by atoms with van der Waals surface area (Å²) in [5.74, 6) is 2.97. The second-order valence-electron chi connectivity index (χ2n) is 6.38. The van der Waals surface area contributed by atoms with Crippen molar-refractivity contribution < 1.29 is 0 Å². The van der Waals surface area contributed by atoms with E-state index in [1.54, 1.807) is 0 Å². The molecule has 0 amide bonds. The van der Waals surface area contributed by atoms with Crippen molar-refractivity contribution in [3.8, 4) is 11.1 Å². The van der Waals surface area contributed by atoms with E-state index in [-0.39, 0.29) is 0 Å². The average molecular weight is 327 g/mol. The van der Waals surface area contributed by atoms with Crippen LogP contribution in [-0.2, 0) is 0 Å². The highest BCUT2D eigenvalue weighted by atomic mass is 79.9. The maximum absolute atomic E-state index is 3.94. The molecule has 0 aliphatic heterocycles. The Hall–Kier alpha value is -1.08. The fraction of sp³-hybridized carbons (Fsp3) is 0.368. The van der Waals surface area contributed by atoms with Gasteiger partial charge in [-0.1, -0.05) is 70.5 Å². The molecule has 0 saturated heterocycles. The van der Waals surface area contributed by atoms with E-state index < -0.39 is 0 Å². The molecular weight excluding hydrogens is 308 g/mol. The van der Waals surface area contributed by atoms with Crippen molar-refractivity contribution in [1.29, 1.82) is 0 Å². The number of hydrogen-bond donors (Lipinski definition) is 0. The Bertz CT molecular complexity index is 577. The first-order valence-corrected chi connectivity index (χ1v) is 8.52. The molecule has 2 aromatic rings. The minimum absolute atomic E-state index is 0.542. The number of benzene rings is 2. The van der Waals surface area contributed by atoms with Crippen molar-refractivity contribution in [3.05, 3.63) is 60.2 Å². The standard InChI is InChI=1S/C19H19Br/c20-19(18-11-16-10-17(16)12-18)15-8-6-14(7-9-15)13-4-2-1-3-5-13/h1-9,16-19H,10-12H2. The second-order valence-corrected chi connectivity index (χ2v) is 7.36. The molecule has 2 aromatic carbocycles. The Balaban J connectivity index is 1.52. The Labute approximate surface area is 129 Å². The number of rotatable bonds is 3. The highest BCUT2D eigenvalue weighted by Crippen LogP contribution is 2.58. The summed E-state index contributed by atoms with van der Waals surface area (Å²) in [6.07, 6.45) is 4.37. The molecule has 2 saturated carbocycles. The zero-order chi connectivity index (χ0) is 13.5. The van der Waals surface area contributed by atoms with Gasteiger partial charge in [-0.25, -0.2) is 0 Å². The Kier molecular flexibility index (Phi) is 3.18. The van der Waals surface area contributed by atoms with E-state index in [4.69, 9.17) is 0 Å². The molecule has 2 fully saturated rings. The van der Waals surface area contributed by atoms with Gasteiger partial charge in [-0.2, -0.15) is 0 Å². The molecule has 0 N–H and O–H groups in total. The maximum atomic E-state index is 3.94. The summed E-state index contributed by atoms with van der Waals surface area (Å²) in [5, 5.41) is 0. The van der Waals surface area contributed by atoms with E-state index in [9.17, 15) is 0 Å². The van der Waals surface area contributed by atoms with Crippen LogP contribution in [0.25, 0.3) is 11.1 Å². The van der Waals surface area contributed by atoms with E-state index >= 15 is 0 Å². The van der Waals surface area contributed by atoms with Crippen molar-refractivity contribution in [1.82, 2.24) is 0 Å². The number of fused-ring (bicyclic) bond motifs is 1. The Morgan fingerprint density at radius 3 is 2.00 bits per heavy atom. The largest absolute Gasteiger partial charge is 0.0836 e. The quantitative estimate of drug-likeness (QED) is 0.622. The molecule has 0 spiro atoms. The van der Waals surface area contributed by atoms with Crippen LogP contribution in [0.4, 0.5) is 0 Å². The van der Waals surface area contributed by atoms with Crippen LogP contribution in [0.3, 0.4) is 0 Å². The molecule has 0 bridgehead atoms. The third kappa shape index (κ3) is 2.33. The van der Waals surface area contributed by atoms with Crippen LogP contribution >= 0.6 is 15.9 Å². The zero-order valence-electron chi connectivity index (χ0n) is 11.5. The van der Waals surface area contributed by atoms with E-state index in [1.807, 2.05) is 0 Å². The third-order valence-electron chi connectivity index (χ3n) is 5.03. The summed E-state index contributed by atoms with van der Waals surface area (Å²) in [6, 6.07) is 19.7. The SMILES string of the molecule is BrC(c1ccc(-c2ccccc2)cc1)C1CC2CC2C1. The van der Waals surface area contributed by atoms with Gasteiger partial charge in [0.15, 0.2) is 0 Å². The van der Waals surface area contributed by atoms with Gasteiger partial charge in [0.1, 0.15) is 0 Å². The average Bonchev–Trinajstić information content (AvgIpc) is 3.13. The van der Waals surface area contributed by atoms with Crippen LogP contribution in [0.15, 0.2) is 54.6 Å². The molecule has 0 radical (unpaired) electrons. The molecular formula is C19H19Br. The molecule has 2 aliphatic carbocycles. The minimum Gasteiger partial charge on any atom is -0.0836 e. The Morgan fingerprint density at radius 2 is 1.35 bits per heavy atom. The summed E-state index contributed by atoms with van der Waals surface area (Å²) in [6.45, 7) is 0. The lowest BCUT2D eigenvalue weighted by Crippen LogP contribution is -2.05. The fourth-order valence-corrected chi connectivity index (χ4v) is 4.50. The maximum Gasteiger partial charge on any atom is 0.0423 e. The van der Waals surface area contributed by atoms with Crippen LogP contribution in [0.2, 0.25) is 0 Å². The van der Waals surface area contributed by atoms with Gasteiger partial charge in [0.25, 0.3) is 0 Å². The minimum atomic E-state index is 0.542. The normalized spacial score (nSPS) is 28.9. The number of alkyl halides is 1. The molecule has 1 heteroatoms. The van der Waals surface area contributed by atoms with Crippen LogP contribution in [-0.4, -0.2) is 0 Å². The van der Waals surface area contributed by atoms with Gasteiger partial charge in [-0.05, 0) is 53.7 Å². The van der Waals surface area contributed by atoms with E-state index in [0.717, 1.165) is 17.8 Å². The van der Waals surface area contributed by atoms with Crippen LogP contribution in [0, 0.1) is 17.8 Å². The summed E-state index contributed by atoms with van der Waals surface area (Å²) in [7, 11) is 0. The van der Waals surface area contributed by atoms with E-state index in [2.05, 4.69) is 70.5 Å². The molecule has 102 valence electrons. The molecule has 4 rings (SSSR count). The summed E-state index contributed by atoms with van der Waals surface area (Å²) >= 11 is 3.94. The molecule has 20 heavy (non-hydrogen) atoms. The van der Waals surface area contributed by atoms with Crippen molar-refractivity contribution in [3.63, 3.8) is 0 Å². The first-order valence-electron chi connectivity index (χ1n) is 7.61. The molecule has 0 aromatic heterocycles. The van der Waals surface area contributed by atoms with E-state index in [1.165, 1.54) is 36.0 Å². The van der Waals surface area contributed by atoms with Gasteiger partial charge in [0.05, 0.1) is 0 Å². The molecule has 3 unspecified atom stereocenters. The van der Waals surface area contributed by atoms with Crippen molar-refractivity contribution in [2.45, 2.75) is 24.1 Å². The molecule has 0 nitrogen and oxygen atoms in total. The lowest BCUT2D eigenvalue weighted by atomic mass is 9.93. The highest BCUT2D eigenvalue weighted by molar-refractivity contribution is 9.09. The number of hydrogen-bond acceptors (Lipinski definition) is 0. The summed E-state index contributed by atoms with van der Waals surface area (Å²) in [5.41, 5.74) is 4.05. The smallest absolute Gasteiger partial charge is 0.0423 e. The number of halogens is 1. The highest BCUT2D eigenvalue weighted by Gasteiger charge is 2.47. The topological polar surface area (TPSA) is 0 Å². The molecule has 2 aliphatic rings. The van der Waals surface area contributed by atoms with Crippen molar-refractivity contribution in [2.75, 3.05) is 0 Å². The van der Waals surface area contributed by atoms with Gasteiger partial charge in [0, 0.05) is 4.83 Å². The zero-order valence-corrected chi connectivity index (χ0v) is 13.1. The second kappa shape index (κ2) is 5.04. The lowest BCUT2D eigenvalue weighted by Gasteiger charge is -2.19. The summed E-state index contributed by atoms with van der Waals surface area (Å²) < 4.78 is 0. The fourth-order valence-electron chi connectivity index (χ4n) is 3.76. The van der Waals surface area contributed by atoms with Gasteiger partial charge in [0.2, 0.25) is 0 Å². The first-order chi connectivity index (χ1) is 9.81. The molecule has 3 atom stereocenters. The molecule has 0 heterocycles. The van der Waals surface area contributed by atoms with Gasteiger partial charge in [-0.15, -0.1) is 0 Å². The van der Waals surface area contributed by atoms with Gasteiger partial charge < -0.3 is 0 Å².